The van der Waals surface area contributed by atoms with Gasteiger partial charge in [-0.2, -0.15) is 0 Å². The van der Waals surface area contributed by atoms with Crippen LogP contribution in [0.1, 0.15) is 18.5 Å². The van der Waals surface area contributed by atoms with Gasteiger partial charge in [0.25, 0.3) is 5.91 Å². The molecule has 1 amide bonds. The highest BCUT2D eigenvalue weighted by Crippen LogP contribution is 2.13. The first-order valence-electron chi connectivity index (χ1n) is 6.48. The SMILES string of the molecule is C[C@@H](NC(=O)COc1ccc(N)cc1)c1ccccc1. The molecule has 3 N–H and O–H groups in total. The molecule has 1 atom stereocenters. The minimum Gasteiger partial charge on any atom is -0.484 e. The van der Waals surface area contributed by atoms with Gasteiger partial charge in [-0.1, -0.05) is 30.3 Å². The number of hydrogen-bond acceptors (Lipinski definition) is 3. The van der Waals surface area contributed by atoms with Crippen molar-refractivity contribution in [3.8, 4) is 5.75 Å². The number of ether oxygens (including phenoxy) is 1. The number of nitrogens with one attached hydrogen (secondary N) is 1. The Morgan fingerprint density at radius 1 is 1.15 bits per heavy atom. The summed E-state index contributed by atoms with van der Waals surface area (Å²) >= 11 is 0. The molecule has 2 aromatic carbocycles. The van der Waals surface area contributed by atoms with E-state index in [1.54, 1.807) is 24.3 Å². The number of nitrogens with two attached hydrogens (primary N) is 1. The predicted octanol–water partition coefficient (Wildman–Crippen LogP) is 2.53. The van der Waals surface area contributed by atoms with Crippen LogP contribution < -0.4 is 15.8 Å². The molecule has 0 radical (unpaired) electrons. The molecule has 0 heterocycles. The van der Waals surface area contributed by atoms with Crippen molar-refractivity contribution >= 4 is 11.6 Å². The van der Waals surface area contributed by atoms with Crippen molar-refractivity contribution in [1.29, 1.82) is 0 Å². The number of carbonyl (C=O) groups is 1. The fourth-order valence-corrected chi connectivity index (χ4v) is 1.82. The monoisotopic (exact) mass is 270 g/mol. The molecule has 0 fully saturated rings. The van der Waals surface area contributed by atoms with E-state index in [0.29, 0.717) is 11.4 Å². The van der Waals surface area contributed by atoms with Gasteiger partial charge in [-0.25, -0.2) is 0 Å². The molecule has 0 spiro atoms. The normalized spacial score (nSPS) is 11.7. The van der Waals surface area contributed by atoms with Gasteiger partial charge in [0.05, 0.1) is 6.04 Å². The maximum absolute atomic E-state index is 11.8. The summed E-state index contributed by atoms with van der Waals surface area (Å²) < 4.78 is 5.39. The van der Waals surface area contributed by atoms with Crippen molar-refractivity contribution in [1.82, 2.24) is 5.32 Å². The van der Waals surface area contributed by atoms with Gasteiger partial charge in [0, 0.05) is 5.69 Å². The van der Waals surface area contributed by atoms with E-state index in [-0.39, 0.29) is 18.6 Å². The van der Waals surface area contributed by atoms with Crippen molar-refractivity contribution in [2.45, 2.75) is 13.0 Å². The molecule has 0 unspecified atom stereocenters. The predicted molar refractivity (Wildman–Crippen MR) is 79.3 cm³/mol. The second-order valence-corrected chi connectivity index (χ2v) is 4.56. The minimum absolute atomic E-state index is 0.0128. The highest BCUT2D eigenvalue weighted by atomic mass is 16.5. The van der Waals surface area contributed by atoms with Crippen molar-refractivity contribution < 1.29 is 9.53 Å². The fourth-order valence-electron chi connectivity index (χ4n) is 1.82. The summed E-state index contributed by atoms with van der Waals surface area (Å²) in [5.41, 5.74) is 7.31. The number of benzene rings is 2. The summed E-state index contributed by atoms with van der Waals surface area (Å²) in [6.45, 7) is 1.93. The molecule has 4 nitrogen and oxygen atoms in total. The first-order chi connectivity index (χ1) is 9.65. The Hall–Kier alpha value is -2.49. The van der Waals surface area contributed by atoms with Gasteiger partial charge < -0.3 is 15.8 Å². The summed E-state index contributed by atoms with van der Waals surface area (Å²) in [7, 11) is 0. The zero-order valence-corrected chi connectivity index (χ0v) is 11.4. The van der Waals surface area contributed by atoms with Gasteiger partial charge in [-0.15, -0.1) is 0 Å². The topological polar surface area (TPSA) is 64.3 Å². The van der Waals surface area contributed by atoms with Gasteiger partial charge in [0.15, 0.2) is 6.61 Å². The van der Waals surface area contributed by atoms with E-state index in [1.165, 1.54) is 0 Å². The number of anilines is 1. The molecule has 0 aromatic heterocycles. The van der Waals surface area contributed by atoms with Gasteiger partial charge in [0.1, 0.15) is 5.75 Å². The van der Waals surface area contributed by atoms with E-state index in [2.05, 4.69) is 5.32 Å². The molecule has 0 aliphatic heterocycles. The van der Waals surface area contributed by atoms with Crippen molar-refractivity contribution in [3.63, 3.8) is 0 Å². The van der Waals surface area contributed by atoms with Gasteiger partial charge in [-0.3, -0.25) is 4.79 Å². The van der Waals surface area contributed by atoms with Crippen LogP contribution in [-0.2, 0) is 4.79 Å². The Labute approximate surface area is 118 Å². The lowest BCUT2D eigenvalue weighted by atomic mass is 10.1. The average molecular weight is 270 g/mol. The molecule has 20 heavy (non-hydrogen) atoms. The molecule has 0 saturated carbocycles. The molecular formula is C16H18N2O2. The highest BCUT2D eigenvalue weighted by Gasteiger charge is 2.09. The summed E-state index contributed by atoms with van der Waals surface area (Å²) in [4.78, 5) is 11.8. The van der Waals surface area contributed by atoms with Crippen LogP contribution in [0.15, 0.2) is 54.6 Å². The van der Waals surface area contributed by atoms with Crippen molar-refractivity contribution in [2.24, 2.45) is 0 Å². The quantitative estimate of drug-likeness (QED) is 0.821. The van der Waals surface area contributed by atoms with E-state index in [1.807, 2.05) is 37.3 Å². The number of nitrogen functional groups attached to an aromatic ring is 1. The molecule has 104 valence electrons. The molecule has 2 rings (SSSR count). The lowest BCUT2D eigenvalue weighted by Gasteiger charge is -2.14. The van der Waals surface area contributed by atoms with E-state index >= 15 is 0 Å². The Kier molecular flexibility index (Phi) is 4.60. The third kappa shape index (κ3) is 4.02. The number of hydrogen-bond donors (Lipinski definition) is 2. The number of rotatable bonds is 5. The summed E-state index contributed by atoms with van der Waals surface area (Å²) in [5, 5.41) is 2.89. The van der Waals surface area contributed by atoms with Crippen LogP contribution in [0, 0.1) is 0 Å². The molecule has 0 aliphatic rings. The zero-order chi connectivity index (χ0) is 14.4. The summed E-state index contributed by atoms with van der Waals surface area (Å²) in [6.07, 6.45) is 0. The van der Waals surface area contributed by atoms with Crippen LogP contribution in [0.2, 0.25) is 0 Å². The third-order valence-electron chi connectivity index (χ3n) is 2.93. The first-order valence-corrected chi connectivity index (χ1v) is 6.48. The molecular weight excluding hydrogens is 252 g/mol. The second kappa shape index (κ2) is 6.61. The van der Waals surface area contributed by atoms with E-state index in [4.69, 9.17) is 10.5 Å². The van der Waals surface area contributed by atoms with Crippen LogP contribution in [0.5, 0.6) is 5.75 Å². The van der Waals surface area contributed by atoms with Crippen molar-refractivity contribution in [2.75, 3.05) is 12.3 Å². The maximum atomic E-state index is 11.8. The van der Waals surface area contributed by atoms with E-state index in [9.17, 15) is 4.79 Å². The molecule has 0 aliphatic carbocycles. The number of amides is 1. The zero-order valence-electron chi connectivity index (χ0n) is 11.4. The van der Waals surface area contributed by atoms with Gasteiger partial charge in [-0.05, 0) is 36.8 Å². The average Bonchev–Trinajstić information content (AvgIpc) is 2.47. The fraction of sp³-hybridized carbons (Fsp3) is 0.188. The minimum atomic E-state index is -0.154. The molecule has 2 aromatic rings. The summed E-state index contributed by atoms with van der Waals surface area (Å²) in [6, 6.07) is 16.7. The Morgan fingerprint density at radius 3 is 2.45 bits per heavy atom. The third-order valence-corrected chi connectivity index (χ3v) is 2.93. The van der Waals surface area contributed by atoms with Crippen molar-refractivity contribution in [3.05, 3.63) is 60.2 Å². The van der Waals surface area contributed by atoms with Crippen LogP contribution in [-0.4, -0.2) is 12.5 Å². The smallest absolute Gasteiger partial charge is 0.258 e. The first kappa shape index (κ1) is 13.9. The highest BCUT2D eigenvalue weighted by molar-refractivity contribution is 5.78. The van der Waals surface area contributed by atoms with Crippen LogP contribution in [0.3, 0.4) is 0 Å². The molecule has 0 bridgehead atoms. The Morgan fingerprint density at radius 2 is 1.80 bits per heavy atom. The van der Waals surface area contributed by atoms with E-state index < -0.39 is 0 Å². The Balaban J connectivity index is 1.82. The van der Waals surface area contributed by atoms with Crippen LogP contribution in [0.4, 0.5) is 5.69 Å². The van der Waals surface area contributed by atoms with Gasteiger partial charge >= 0.3 is 0 Å². The molecule has 0 saturated heterocycles. The maximum Gasteiger partial charge on any atom is 0.258 e. The van der Waals surface area contributed by atoms with Crippen LogP contribution in [0.25, 0.3) is 0 Å². The standard InChI is InChI=1S/C16H18N2O2/c1-12(13-5-3-2-4-6-13)18-16(19)11-20-15-9-7-14(17)8-10-15/h2-10,12H,11,17H2,1H3,(H,18,19)/t12-/m1/s1. The lowest BCUT2D eigenvalue weighted by molar-refractivity contribution is -0.123. The number of carbonyl (C=O) groups excluding carboxylic acids is 1. The van der Waals surface area contributed by atoms with E-state index in [0.717, 1.165) is 5.56 Å². The van der Waals surface area contributed by atoms with Gasteiger partial charge in [0.2, 0.25) is 0 Å². The second-order valence-electron chi connectivity index (χ2n) is 4.56. The Bertz CT molecular complexity index is 552. The van der Waals surface area contributed by atoms with Crippen LogP contribution >= 0.6 is 0 Å². The lowest BCUT2D eigenvalue weighted by Crippen LogP contribution is -2.31. The molecule has 4 heteroatoms. The summed E-state index contributed by atoms with van der Waals surface area (Å²) in [5.74, 6) is 0.472. The largest absolute Gasteiger partial charge is 0.484 e.